The molecule has 1 aromatic carbocycles. The highest BCUT2D eigenvalue weighted by molar-refractivity contribution is 5.95. The molecule has 0 spiro atoms. The van der Waals surface area contributed by atoms with Crippen molar-refractivity contribution < 1.29 is 14.6 Å². The lowest BCUT2D eigenvalue weighted by Crippen LogP contribution is -2.49. The second-order valence-electron chi connectivity index (χ2n) is 4.81. The summed E-state index contributed by atoms with van der Waals surface area (Å²) in [5.74, 6) is 0.567. The van der Waals surface area contributed by atoms with Crippen LogP contribution in [0.15, 0.2) is 18.2 Å². The summed E-state index contributed by atoms with van der Waals surface area (Å²) in [5, 5.41) is 8.90. The summed E-state index contributed by atoms with van der Waals surface area (Å²) in [6.45, 7) is 3.74. The van der Waals surface area contributed by atoms with Gasteiger partial charge in [0.25, 0.3) is 5.91 Å². The highest BCUT2D eigenvalue weighted by Crippen LogP contribution is 2.22. The zero-order valence-corrected chi connectivity index (χ0v) is 11.7. The molecule has 1 heterocycles. The van der Waals surface area contributed by atoms with Gasteiger partial charge in [-0.25, -0.2) is 0 Å². The van der Waals surface area contributed by atoms with Crippen molar-refractivity contribution in [2.24, 2.45) is 0 Å². The van der Waals surface area contributed by atoms with Crippen LogP contribution in [-0.2, 0) is 0 Å². The van der Waals surface area contributed by atoms with E-state index in [-0.39, 0.29) is 12.5 Å². The average Bonchev–Trinajstić information content (AvgIpc) is 2.47. The lowest BCUT2D eigenvalue weighted by atomic mass is 10.1. The summed E-state index contributed by atoms with van der Waals surface area (Å²) in [7, 11) is 1.55. The third kappa shape index (κ3) is 3.20. The molecule has 0 saturated carbocycles. The Morgan fingerprint density at radius 3 is 2.60 bits per heavy atom. The number of aliphatic hydroxyl groups is 1. The molecule has 1 saturated heterocycles. The first kappa shape index (κ1) is 14.6. The van der Waals surface area contributed by atoms with E-state index < -0.39 is 0 Å². The topological polar surface area (TPSA) is 79.0 Å². The minimum atomic E-state index is -0.0111. The predicted octanol–water partition coefficient (Wildman–Crippen LogP) is 0.0275. The number of piperazine rings is 1. The number of nitrogens with two attached hydrogens (primary N) is 1. The number of ether oxygens (including phenoxy) is 1. The van der Waals surface area contributed by atoms with Crippen molar-refractivity contribution in [3.05, 3.63) is 23.8 Å². The number of hydrogen-bond donors (Lipinski definition) is 2. The van der Waals surface area contributed by atoms with Crippen LogP contribution in [0.3, 0.4) is 0 Å². The fourth-order valence-corrected chi connectivity index (χ4v) is 2.37. The Hall–Kier alpha value is -1.79. The summed E-state index contributed by atoms with van der Waals surface area (Å²) >= 11 is 0. The molecule has 1 amide bonds. The summed E-state index contributed by atoms with van der Waals surface area (Å²) in [4.78, 5) is 16.3. The molecule has 0 unspecified atom stereocenters. The van der Waals surface area contributed by atoms with Gasteiger partial charge in [0.05, 0.1) is 19.4 Å². The van der Waals surface area contributed by atoms with E-state index in [2.05, 4.69) is 4.90 Å². The SMILES string of the molecule is COc1ccc(C(=O)N2CCN(CCO)CC2)cc1N. The van der Waals surface area contributed by atoms with E-state index in [9.17, 15) is 4.79 Å². The first-order valence-corrected chi connectivity index (χ1v) is 6.71. The normalized spacial score (nSPS) is 16.2. The minimum Gasteiger partial charge on any atom is -0.495 e. The number of anilines is 1. The first-order chi connectivity index (χ1) is 9.65. The number of carbonyl (C=O) groups is 1. The quantitative estimate of drug-likeness (QED) is 0.760. The molecular weight excluding hydrogens is 258 g/mol. The predicted molar refractivity (Wildman–Crippen MR) is 76.8 cm³/mol. The zero-order valence-electron chi connectivity index (χ0n) is 11.7. The van der Waals surface area contributed by atoms with Gasteiger partial charge in [-0.05, 0) is 18.2 Å². The molecule has 1 aromatic rings. The van der Waals surface area contributed by atoms with Gasteiger partial charge in [-0.3, -0.25) is 9.69 Å². The van der Waals surface area contributed by atoms with Gasteiger partial charge >= 0.3 is 0 Å². The second kappa shape index (κ2) is 6.58. The van der Waals surface area contributed by atoms with Gasteiger partial charge in [0, 0.05) is 38.3 Å². The van der Waals surface area contributed by atoms with Crippen molar-refractivity contribution >= 4 is 11.6 Å². The van der Waals surface area contributed by atoms with E-state index in [0.29, 0.717) is 36.6 Å². The number of nitrogens with zero attached hydrogens (tertiary/aromatic N) is 2. The van der Waals surface area contributed by atoms with Gasteiger partial charge in [-0.1, -0.05) is 0 Å². The second-order valence-corrected chi connectivity index (χ2v) is 4.81. The molecule has 1 aliphatic heterocycles. The zero-order chi connectivity index (χ0) is 14.5. The fraction of sp³-hybridized carbons (Fsp3) is 0.500. The van der Waals surface area contributed by atoms with Crippen LogP contribution in [0.25, 0.3) is 0 Å². The number of rotatable bonds is 4. The van der Waals surface area contributed by atoms with Crippen LogP contribution < -0.4 is 10.5 Å². The third-order valence-corrected chi connectivity index (χ3v) is 3.55. The number of aliphatic hydroxyl groups excluding tert-OH is 1. The van der Waals surface area contributed by atoms with Crippen LogP contribution in [0, 0.1) is 0 Å². The van der Waals surface area contributed by atoms with Crippen molar-refractivity contribution in [2.45, 2.75) is 0 Å². The Morgan fingerprint density at radius 1 is 1.35 bits per heavy atom. The lowest BCUT2D eigenvalue weighted by molar-refractivity contribution is 0.0615. The van der Waals surface area contributed by atoms with Crippen molar-refractivity contribution in [1.29, 1.82) is 0 Å². The largest absolute Gasteiger partial charge is 0.495 e. The van der Waals surface area contributed by atoms with Crippen molar-refractivity contribution in [2.75, 3.05) is 52.2 Å². The number of hydrogen-bond acceptors (Lipinski definition) is 5. The van der Waals surface area contributed by atoms with Gasteiger partial charge in [0.15, 0.2) is 0 Å². The van der Waals surface area contributed by atoms with Gasteiger partial charge < -0.3 is 20.5 Å². The van der Waals surface area contributed by atoms with Gasteiger partial charge in [0.1, 0.15) is 5.75 Å². The molecule has 110 valence electrons. The molecule has 6 heteroatoms. The third-order valence-electron chi connectivity index (χ3n) is 3.55. The van der Waals surface area contributed by atoms with Crippen LogP contribution in [0.2, 0.25) is 0 Å². The van der Waals surface area contributed by atoms with Crippen molar-refractivity contribution in [3.63, 3.8) is 0 Å². The number of nitrogen functional groups attached to an aromatic ring is 1. The van der Waals surface area contributed by atoms with Crippen molar-refractivity contribution in [1.82, 2.24) is 9.80 Å². The van der Waals surface area contributed by atoms with E-state index >= 15 is 0 Å². The van der Waals surface area contributed by atoms with Gasteiger partial charge in [-0.15, -0.1) is 0 Å². The number of β-amino-alcohol motifs (C(OH)–C–C–N with tert-alkyl or cyclic N) is 1. The molecule has 1 fully saturated rings. The standard InChI is InChI=1S/C14H21N3O3/c1-20-13-3-2-11(10-12(13)15)14(19)17-6-4-16(5-7-17)8-9-18/h2-3,10,18H,4-9,15H2,1H3. The number of carbonyl (C=O) groups excluding carboxylic acids is 1. The van der Waals surface area contributed by atoms with Crippen LogP contribution in [0.4, 0.5) is 5.69 Å². The smallest absolute Gasteiger partial charge is 0.254 e. The fourth-order valence-electron chi connectivity index (χ4n) is 2.37. The summed E-state index contributed by atoms with van der Waals surface area (Å²) in [6.07, 6.45) is 0. The van der Waals surface area contributed by atoms with Crippen molar-refractivity contribution in [3.8, 4) is 5.75 Å². The van der Waals surface area contributed by atoms with Crippen LogP contribution in [0.1, 0.15) is 10.4 Å². The maximum Gasteiger partial charge on any atom is 0.254 e. The van der Waals surface area contributed by atoms with E-state index in [4.69, 9.17) is 15.6 Å². The van der Waals surface area contributed by atoms with E-state index in [0.717, 1.165) is 13.1 Å². The molecule has 1 aliphatic rings. The molecular formula is C14H21N3O3. The Labute approximate surface area is 118 Å². The van der Waals surface area contributed by atoms with Gasteiger partial charge in [0.2, 0.25) is 0 Å². The lowest BCUT2D eigenvalue weighted by Gasteiger charge is -2.34. The maximum atomic E-state index is 12.4. The number of benzene rings is 1. The Bertz CT molecular complexity index is 471. The van der Waals surface area contributed by atoms with Crippen LogP contribution >= 0.6 is 0 Å². The molecule has 6 nitrogen and oxygen atoms in total. The number of amides is 1. The highest BCUT2D eigenvalue weighted by atomic mass is 16.5. The molecule has 0 aromatic heterocycles. The van der Waals surface area contributed by atoms with E-state index in [1.807, 2.05) is 4.90 Å². The van der Waals surface area contributed by atoms with Crippen LogP contribution in [-0.4, -0.2) is 67.3 Å². The molecule has 3 N–H and O–H groups in total. The highest BCUT2D eigenvalue weighted by Gasteiger charge is 2.22. The summed E-state index contributed by atoms with van der Waals surface area (Å²) < 4.78 is 5.09. The number of methoxy groups -OCH3 is 1. The molecule has 2 rings (SSSR count). The van der Waals surface area contributed by atoms with E-state index in [1.54, 1.807) is 25.3 Å². The summed E-state index contributed by atoms with van der Waals surface area (Å²) in [6, 6.07) is 5.10. The monoisotopic (exact) mass is 279 g/mol. The molecule has 0 atom stereocenters. The average molecular weight is 279 g/mol. The molecule has 0 aliphatic carbocycles. The van der Waals surface area contributed by atoms with Crippen LogP contribution in [0.5, 0.6) is 5.75 Å². The van der Waals surface area contributed by atoms with E-state index in [1.165, 1.54) is 0 Å². The Balaban J connectivity index is 2.00. The Kier molecular flexibility index (Phi) is 4.81. The minimum absolute atomic E-state index is 0.0111. The maximum absolute atomic E-state index is 12.4. The first-order valence-electron chi connectivity index (χ1n) is 6.71. The summed E-state index contributed by atoms with van der Waals surface area (Å²) in [5.41, 5.74) is 6.88. The molecule has 0 bridgehead atoms. The Morgan fingerprint density at radius 2 is 2.05 bits per heavy atom. The molecule has 20 heavy (non-hydrogen) atoms. The molecule has 0 radical (unpaired) electrons. The van der Waals surface area contributed by atoms with Gasteiger partial charge in [-0.2, -0.15) is 0 Å².